The first-order valence-corrected chi connectivity index (χ1v) is 11.9. The van der Waals surface area contributed by atoms with Crippen LogP contribution in [0.3, 0.4) is 0 Å². The monoisotopic (exact) mass is 565 g/mol. The molecule has 2 rings (SSSR count). The standard InChI is InChI=1S/C22H43N7O2.HI/c1-6-19(7-2)20(29-11-14-31-15-12-29)16-24-22(23-10-9-13-30-8-3)25-17-21-27-26-18(4)28(21)5;/h19-20H,6-17H2,1-5H3,(H2,23,24,25);1H. The third kappa shape index (κ3) is 9.48. The van der Waals surface area contributed by atoms with Gasteiger partial charge in [-0.3, -0.25) is 4.90 Å². The lowest BCUT2D eigenvalue weighted by Crippen LogP contribution is -2.53. The number of aromatic nitrogens is 3. The van der Waals surface area contributed by atoms with Crippen molar-refractivity contribution in [1.82, 2.24) is 30.3 Å². The maximum absolute atomic E-state index is 5.58. The minimum absolute atomic E-state index is 0. The molecule has 0 saturated carbocycles. The highest BCUT2D eigenvalue weighted by Gasteiger charge is 2.27. The topological polar surface area (TPSA) is 88.8 Å². The van der Waals surface area contributed by atoms with Crippen LogP contribution in [0.2, 0.25) is 0 Å². The summed E-state index contributed by atoms with van der Waals surface area (Å²) < 4.78 is 13.0. The zero-order valence-electron chi connectivity index (χ0n) is 20.6. The average molecular weight is 566 g/mol. The molecule has 32 heavy (non-hydrogen) atoms. The van der Waals surface area contributed by atoms with Gasteiger partial charge in [0.05, 0.1) is 13.2 Å². The van der Waals surface area contributed by atoms with Gasteiger partial charge >= 0.3 is 0 Å². The van der Waals surface area contributed by atoms with Gasteiger partial charge in [-0.15, -0.1) is 34.2 Å². The molecule has 9 nitrogen and oxygen atoms in total. The van der Waals surface area contributed by atoms with Crippen LogP contribution >= 0.6 is 24.0 Å². The van der Waals surface area contributed by atoms with Gasteiger partial charge < -0.3 is 24.7 Å². The van der Waals surface area contributed by atoms with Gasteiger partial charge in [0, 0.05) is 52.5 Å². The van der Waals surface area contributed by atoms with E-state index >= 15 is 0 Å². The molecule has 1 aromatic heterocycles. The van der Waals surface area contributed by atoms with Gasteiger partial charge in [0.1, 0.15) is 12.4 Å². The van der Waals surface area contributed by atoms with Crippen LogP contribution in [-0.4, -0.2) is 84.3 Å². The molecular formula is C22H44IN7O2. The lowest BCUT2D eigenvalue weighted by atomic mass is 9.92. The molecule has 0 aromatic carbocycles. The summed E-state index contributed by atoms with van der Waals surface area (Å²) in [6, 6.07) is 0.464. The van der Waals surface area contributed by atoms with Crippen LogP contribution in [0.1, 0.15) is 51.7 Å². The minimum atomic E-state index is 0. The molecule has 2 N–H and O–H groups in total. The zero-order valence-corrected chi connectivity index (χ0v) is 22.9. The van der Waals surface area contributed by atoms with E-state index < -0.39 is 0 Å². The van der Waals surface area contributed by atoms with E-state index in [9.17, 15) is 0 Å². The molecule has 10 heteroatoms. The number of rotatable bonds is 13. The highest BCUT2D eigenvalue weighted by Crippen LogP contribution is 2.19. The van der Waals surface area contributed by atoms with Crippen LogP contribution < -0.4 is 10.6 Å². The molecule has 0 spiro atoms. The summed E-state index contributed by atoms with van der Waals surface area (Å²) in [5, 5.41) is 15.5. The number of aryl methyl sites for hydroxylation is 1. The van der Waals surface area contributed by atoms with Crippen LogP contribution in [0.25, 0.3) is 0 Å². The summed E-state index contributed by atoms with van der Waals surface area (Å²) in [5.41, 5.74) is 0. The summed E-state index contributed by atoms with van der Waals surface area (Å²) >= 11 is 0. The maximum atomic E-state index is 5.58. The molecule has 1 unspecified atom stereocenters. The van der Waals surface area contributed by atoms with Crippen molar-refractivity contribution in [1.29, 1.82) is 0 Å². The number of morpholine rings is 1. The van der Waals surface area contributed by atoms with Gasteiger partial charge in [-0.2, -0.15) is 0 Å². The smallest absolute Gasteiger partial charge is 0.191 e. The van der Waals surface area contributed by atoms with Crippen LogP contribution in [0.4, 0.5) is 0 Å². The van der Waals surface area contributed by atoms with Crippen LogP contribution in [0, 0.1) is 12.8 Å². The molecule has 1 atom stereocenters. The Morgan fingerprint density at radius 2 is 1.88 bits per heavy atom. The Labute approximate surface area is 211 Å². The van der Waals surface area contributed by atoms with E-state index in [0.29, 0.717) is 18.5 Å². The van der Waals surface area contributed by atoms with Gasteiger partial charge in [0.25, 0.3) is 0 Å². The fourth-order valence-corrected chi connectivity index (χ4v) is 3.98. The largest absolute Gasteiger partial charge is 0.382 e. The number of hydrogen-bond acceptors (Lipinski definition) is 6. The normalized spacial score (nSPS) is 16.1. The molecule has 1 aliphatic heterocycles. The second-order valence-electron chi connectivity index (χ2n) is 8.04. The van der Waals surface area contributed by atoms with E-state index in [4.69, 9.17) is 14.5 Å². The molecular weight excluding hydrogens is 521 g/mol. The quantitative estimate of drug-likeness (QED) is 0.164. The average Bonchev–Trinajstić information content (AvgIpc) is 3.12. The van der Waals surface area contributed by atoms with Crippen LogP contribution in [0.5, 0.6) is 0 Å². The van der Waals surface area contributed by atoms with Gasteiger partial charge in [0.2, 0.25) is 0 Å². The van der Waals surface area contributed by atoms with Crippen molar-refractivity contribution in [3.05, 3.63) is 11.6 Å². The number of nitrogens with zero attached hydrogens (tertiary/aromatic N) is 5. The number of ether oxygens (including phenoxy) is 2. The summed E-state index contributed by atoms with van der Waals surface area (Å²) in [6.07, 6.45) is 3.29. The van der Waals surface area contributed by atoms with E-state index in [1.54, 1.807) is 0 Å². The minimum Gasteiger partial charge on any atom is -0.382 e. The molecule has 0 bridgehead atoms. The van der Waals surface area contributed by atoms with Crippen molar-refractivity contribution in [2.75, 3.05) is 52.6 Å². The molecule has 1 fully saturated rings. The van der Waals surface area contributed by atoms with E-state index in [0.717, 1.165) is 76.6 Å². The molecule has 1 aliphatic rings. The van der Waals surface area contributed by atoms with Crippen LogP contribution in [0.15, 0.2) is 4.99 Å². The van der Waals surface area contributed by atoms with E-state index in [-0.39, 0.29) is 24.0 Å². The number of hydrogen-bond donors (Lipinski definition) is 2. The molecule has 1 saturated heterocycles. The first-order chi connectivity index (χ1) is 15.1. The summed E-state index contributed by atoms with van der Waals surface area (Å²) in [7, 11) is 1.98. The fourth-order valence-electron chi connectivity index (χ4n) is 3.98. The second kappa shape index (κ2) is 16.6. The first-order valence-electron chi connectivity index (χ1n) is 11.9. The van der Waals surface area contributed by atoms with Crippen molar-refractivity contribution in [2.24, 2.45) is 18.0 Å². The Hall–Kier alpha value is -0.980. The Morgan fingerprint density at radius 1 is 1.16 bits per heavy atom. The first kappa shape index (κ1) is 29.1. The highest BCUT2D eigenvalue weighted by atomic mass is 127. The van der Waals surface area contributed by atoms with Crippen molar-refractivity contribution in [3.63, 3.8) is 0 Å². The van der Waals surface area contributed by atoms with E-state index in [2.05, 4.69) is 39.6 Å². The second-order valence-corrected chi connectivity index (χ2v) is 8.04. The zero-order chi connectivity index (χ0) is 22.5. The SMILES string of the molecule is CCOCCCNC(=NCc1nnc(C)n1C)NCC(C(CC)CC)N1CCOCC1.I. The Balaban J connectivity index is 0.00000512. The Kier molecular flexibility index (Phi) is 15.1. The van der Waals surface area contributed by atoms with Gasteiger partial charge in [0.15, 0.2) is 11.8 Å². The van der Waals surface area contributed by atoms with Gasteiger partial charge in [-0.25, -0.2) is 4.99 Å². The third-order valence-corrected chi connectivity index (χ3v) is 6.11. The molecule has 1 aromatic rings. The summed E-state index contributed by atoms with van der Waals surface area (Å²) in [5.74, 6) is 3.22. The van der Waals surface area contributed by atoms with E-state index in [1.807, 2.05) is 25.5 Å². The molecule has 0 amide bonds. The molecule has 186 valence electrons. The van der Waals surface area contributed by atoms with Crippen molar-refractivity contribution in [2.45, 2.75) is 59.5 Å². The van der Waals surface area contributed by atoms with Crippen LogP contribution in [-0.2, 0) is 23.1 Å². The van der Waals surface area contributed by atoms with Crippen molar-refractivity contribution >= 4 is 29.9 Å². The Morgan fingerprint density at radius 3 is 2.47 bits per heavy atom. The molecule has 2 heterocycles. The predicted octanol–water partition coefficient (Wildman–Crippen LogP) is 2.34. The predicted molar refractivity (Wildman–Crippen MR) is 140 cm³/mol. The fraction of sp³-hybridized carbons (Fsp3) is 0.864. The number of halogens is 1. The Bertz CT molecular complexity index is 646. The summed E-state index contributed by atoms with van der Waals surface area (Å²) in [6.45, 7) is 15.9. The highest BCUT2D eigenvalue weighted by molar-refractivity contribution is 14.0. The lowest BCUT2D eigenvalue weighted by Gasteiger charge is -2.39. The van der Waals surface area contributed by atoms with Crippen molar-refractivity contribution in [3.8, 4) is 0 Å². The lowest BCUT2D eigenvalue weighted by molar-refractivity contribution is 0.00272. The third-order valence-electron chi connectivity index (χ3n) is 6.11. The number of aliphatic imine (C=N–C) groups is 1. The number of nitrogens with one attached hydrogen (secondary N) is 2. The van der Waals surface area contributed by atoms with Gasteiger partial charge in [-0.1, -0.05) is 26.7 Å². The van der Waals surface area contributed by atoms with Crippen molar-refractivity contribution < 1.29 is 9.47 Å². The maximum Gasteiger partial charge on any atom is 0.191 e. The molecule has 0 radical (unpaired) electrons. The number of guanidine groups is 1. The van der Waals surface area contributed by atoms with Gasteiger partial charge in [-0.05, 0) is 26.2 Å². The van der Waals surface area contributed by atoms with E-state index in [1.165, 1.54) is 12.8 Å². The molecule has 0 aliphatic carbocycles. The summed E-state index contributed by atoms with van der Waals surface area (Å²) in [4.78, 5) is 7.38.